The van der Waals surface area contributed by atoms with Crippen LogP contribution in [0.3, 0.4) is 0 Å². The summed E-state index contributed by atoms with van der Waals surface area (Å²) in [4.78, 5) is 13.1. The predicted octanol–water partition coefficient (Wildman–Crippen LogP) is 4.76. The maximum atomic E-state index is 13.6. The zero-order valence-electron chi connectivity index (χ0n) is 19.0. The summed E-state index contributed by atoms with van der Waals surface area (Å²) in [6.45, 7) is 0.802. The topological polar surface area (TPSA) is 94.8 Å². The average molecular weight is 474 g/mol. The van der Waals surface area contributed by atoms with Crippen molar-refractivity contribution in [1.82, 2.24) is 0 Å². The number of carboxylic acid groups (broad SMARTS) is 1. The van der Waals surface area contributed by atoms with Gasteiger partial charge in [0.1, 0.15) is 0 Å². The summed E-state index contributed by atoms with van der Waals surface area (Å²) in [7, 11) is 1.51. The highest BCUT2D eigenvalue weighted by Gasteiger charge is 2.27. The van der Waals surface area contributed by atoms with Gasteiger partial charge < -0.3 is 24.8 Å². The number of hydrogen-bond acceptors (Lipinski definition) is 6. The molecule has 2 aromatic rings. The van der Waals surface area contributed by atoms with Crippen molar-refractivity contribution in [3.05, 3.63) is 53.6 Å². The molecule has 0 aromatic heterocycles. The Labute approximate surface area is 197 Å². The van der Waals surface area contributed by atoms with Crippen LogP contribution in [0.1, 0.15) is 36.3 Å². The fourth-order valence-corrected chi connectivity index (χ4v) is 4.22. The van der Waals surface area contributed by atoms with Gasteiger partial charge in [0.05, 0.1) is 42.6 Å². The van der Waals surface area contributed by atoms with Gasteiger partial charge in [-0.2, -0.15) is 5.26 Å². The van der Waals surface area contributed by atoms with Crippen LogP contribution < -0.4 is 10.2 Å². The molecular formula is C25H29F2N3O4. The molecule has 34 heavy (non-hydrogen) atoms. The summed E-state index contributed by atoms with van der Waals surface area (Å²) in [5, 5.41) is 21.7. The standard InChI is InChI=1S/C25H29F2N3O4/c1-33-16-19(13-25(31)32)18-4-7-23(30(15-24(26)27)21-8-10-34-11-9-21)22(12-18)29-20-5-2-17(14-28)3-6-20/h2-7,12,19,21,24,29H,8-11,13,15-16H2,1H3,(H,31,32). The van der Waals surface area contributed by atoms with Crippen molar-refractivity contribution in [2.24, 2.45) is 0 Å². The summed E-state index contributed by atoms with van der Waals surface area (Å²) in [5.74, 6) is -1.35. The van der Waals surface area contributed by atoms with E-state index in [0.717, 1.165) is 5.56 Å². The first kappa shape index (κ1) is 25.4. The number of hydrogen-bond donors (Lipinski definition) is 2. The van der Waals surface area contributed by atoms with Crippen molar-refractivity contribution >= 4 is 23.0 Å². The van der Waals surface area contributed by atoms with E-state index in [1.54, 1.807) is 47.4 Å². The van der Waals surface area contributed by atoms with Gasteiger partial charge in [0, 0.05) is 38.0 Å². The second kappa shape index (κ2) is 12.3. The van der Waals surface area contributed by atoms with Crippen molar-refractivity contribution in [2.75, 3.05) is 43.7 Å². The van der Waals surface area contributed by atoms with Gasteiger partial charge in [-0.05, 0) is 54.8 Å². The molecule has 0 aliphatic carbocycles. The number of nitriles is 1. The molecule has 1 fully saturated rings. The maximum Gasteiger partial charge on any atom is 0.304 e. The molecule has 1 heterocycles. The number of carbonyl (C=O) groups is 1. The van der Waals surface area contributed by atoms with E-state index in [1.807, 2.05) is 0 Å². The fourth-order valence-electron chi connectivity index (χ4n) is 4.22. The van der Waals surface area contributed by atoms with Crippen LogP contribution in [0.15, 0.2) is 42.5 Å². The van der Waals surface area contributed by atoms with Gasteiger partial charge in [-0.15, -0.1) is 0 Å². The third kappa shape index (κ3) is 6.89. The monoisotopic (exact) mass is 473 g/mol. The van der Waals surface area contributed by atoms with Crippen LogP contribution in [-0.4, -0.2) is 57.0 Å². The SMILES string of the molecule is COCC(CC(=O)O)c1ccc(N(CC(F)F)C2CCOCC2)c(Nc2ccc(C#N)cc2)c1. The van der Waals surface area contributed by atoms with Crippen LogP contribution >= 0.6 is 0 Å². The predicted molar refractivity (Wildman–Crippen MR) is 125 cm³/mol. The zero-order valence-corrected chi connectivity index (χ0v) is 19.0. The molecule has 1 aliphatic rings. The molecule has 0 bridgehead atoms. The third-order valence-corrected chi connectivity index (χ3v) is 5.85. The molecule has 182 valence electrons. The van der Waals surface area contributed by atoms with Gasteiger partial charge in [-0.25, -0.2) is 8.78 Å². The van der Waals surface area contributed by atoms with Crippen LogP contribution in [0.25, 0.3) is 0 Å². The number of rotatable bonds is 11. The van der Waals surface area contributed by atoms with E-state index in [1.165, 1.54) is 7.11 Å². The lowest BCUT2D eigenvalue weighted by Gasteiger charge is -2.37. The minimum absolute atomic E-state index is 0.107. The largest absolute Gasteiger partial charge is 0.481 e. The zero-order chi connectivity index (χ0) is 24.5. The number of benzene rings is 2. The summed E-state index contributed by atoms with van der Waals surface area (Å²) in [6.07, 6.45) is -1.38. The molecule has 0 spiro atoms. The number of carboxylic acids is 1. The number of alkyl halides is 2. The van der Waals surface area contributed by atoms with E-state index in [2.05, 4.69) is 11.4 Å². The summed E-state index contributed by atoms with van der Waals surface area (Å²) in [5.41, 5.74) is 3.10. The van der Waals surface area contributed by atoms with Crippen LogP contribution in [0.2, 0.25) is 0 Å². The molecule has 3 rings (SSSR count). The first-order valence-corrected chi connectivity index (χ1v) is 11.2. The molecule has 2 N–H and O–H groups in total. The minimum Gasteiger partial charge on any atom is -0.481 e. The van der Waals surface area contributed by atoms with Crippen molar-refractivity contribution in [3.8, 4) is 6.07 Å². The molecule has 0 amide bonds. The van der Waals surface area contributed by atoms with E-state index in [4.69, 9.17) is 14.7 Å². The Hall–Kier alpha value is -3.22. The third-order valence-electron chi connectivity index (χ3n) is 5.85. The van der Waals surface area contributed by atoms with Crippen LogP contribution in [0.5, 0.6) is 0 Å². The van der Waals surface area contributed by atoms with Gasteiger partial charge in [0.15, 0.2) is 0 Å². The Balaban J connectivity index is 2.04. The molecule has 1 unspecified atom stereocenters. The molecule has 1 atom stereocenters. The highest BCUT2D eigenvalue weighted by Crippen LogP contribution is 2.36. The maximum absolute atomic E-state index is 13.6. The number of halogens is 2. The normalized spacial score (nSPS) is 15.0. The lowest BCUT2D eigenvalue weighted by molar-refractivity contribution is -0.137. The Kier molecular flexibility index (Phi) is 9.19. The Morgan fingerprint density at radius 3 is 2.56 bits per heavy atom. The second-order valence-electron chi connectivity index (χ2n) is 8.23. The van der Waals surface area contributed by atoms with Crippen LogP contribution in [-0.2, 0) is 14.3 Å². The average Bonchev–Trinajstić information content (AvgIpc) is 2.83. The number of aliphatic carboxylic acids is 1. The van der Waals surface area contributed by atoms with E-state index in [9.17, 15) is 18.7 Å². The number of nitrogens with one attached hydrogen (secondary N) is 1. The smallest absolute Gasteiger partial charge is 0.304 e. The molecule has 1 aliphatic heterocycles. The molecule has 1 saturated heterocycles. The molecule has 0 saturated carbocycles. The highest BCUT2D eigenvalue weighted by molar-refractivity contribution is 5.77. The minimum atomic E-state index is -2.53. The van der Waals surface area contributed by atoms with E-state index in [0.29, 0.717) is 48.7 Å². The number of anilines is 3. The second-order valence-corrected chi connectivity index (χ2v) is 8.23. The number of ether oxygens (including phenoxy) is 2. The quantitative estimate of drug-likeness (QED) is 0.486. The summed E-state index contributed by atoms with van der Waals surface area (Å²) < 4.78 is 37.9. The van der Waals surface area contributed by atoms with Crippen LogP contribution in [0.4, 0.5) is 25.8 Å². The lowest BCUT2D eigenvalue weighted by Crippen LogP contribution is -2.42. The molecule has 0 radical (unpaired) electrons. The van der Waals surface area contributed by atoms with Crippen molar-refractivity contribution in [1.29, 1.82) is 5.26 Å². The Morgan fingerprint density at radius 2 is 1.97 bits per heavy atom. The van der Waals surface area contributed by atoms with Gasteiger partial charge in [0.2, 0.25) is 0 Å². The van der Waals surface area contributed by atoms with E-state index >= 15 is 0 Å². The molecular weight excluding hydrogens is 444 g/mol. The number of nitrogens with zero attached hydrogens (tertiary/aromatic N) is 2. The van der Waals surface area contributed by atoms with Gasteiger partial charge in [-0.3, -0.25) is 4.79 Å². The van der Waals surface area contributed by atoms with Crippen molar-refractivity contribution < 1.29 is 28.2 Å². The highest BCUT2D eigenvalue weighted by atomic mass is 19.3. The lowest BCUT2D eigenvalue weighted by atomic mass is 9.94. The molecule has 7 nitrogen and oxygen atoms in total. The first-order valence-electron chi connectivity index (χ1n) is 11.2. The number of methoxy groups -OCH3 is 1. The molecule has 2 aromatic carbocycles. The van der Waals surface area contributed by atoms with Gasteiger partial charge in [0.25, 0.3) is 6.43 Å². The van der Waals surface area contributed by atoms with Gasteiger partial charge in [-0.1, -0.05) is 6.07 Å². The van der Waals surface area contributed by atoms with Crippen molar-refractivity contribution in [2.45, 2.75) is 37.6 Å². The fraction of sp³-hybridized carbons (Fsp3) is 0.440. The first-order chi connectivity index (χ1) is 16.4. The van der Waals surface area contributed by atoms with E-state index < -0.39 is 24.9 Å². The Morgan fingerprint density at radius 1 is 1.26 bits per heavy atom. The van der Waals surface area contributed by atoms with E-state index in [-0.39, 0.29) is 19.1 Å². The summed E-state index contributed by atoms with van der Waals surface area (Å²) >= 11 is 0. The molecule has 9 heteroatoms. The van der Waals surface area contributed by atoms with Crippen molar-refractivity contribution in [3.63, 3.8) is 0 Å². The van der Waals surface area contributed by atoms with Crippen LogP contribution in [0, 0.1) is 11.3 Å². The summed E-state index contributed by atoms with van der Waals surface area (Å²) in [6, 6.07) is 14.1. The Bertz CT molecular complexity index is 989. The van der Waals surface area contributed by atoms with Gasteiger partial charge >= 0.3 is 5.97 Å².